The van der Waals surface area contributed by atoms with E-state index < -0.39 is 0 Å². The van der Waals surface area contributed by atoms with Gasteiger partial charge in [-0.1, -0.05) is 13.8 Å². The topological polar surface area (TPSA) is 19.0 Å². The van der Waals surface area contributed by atoms with E-state index in [-0.39, 0.29) is 0 Å². The van der Waals surface area contributed by atoms with Crippen LogP contribution in [0.2, 0.25) is 0 Å². The highest BCUT2D eigenvalue weighted by Crippen LogP contribution is 2.13. The fourth-order valence-electron chi connectivity index (χ4n) is 2.59. The molecular weight excluding hydrogens is 214 g/mol. The molecule has 0 spiro atoms. The highest BCUT2D eigenvalue weighted by Gasteiger charge is 2.29. The van der Waals surface area contributed by atoms with Crippen molar-refractivity contribution in [2.45, 2.75) is 25.9 Å². The molecule has 0 N–H and O–H groups in total. The lowest BCUT2D eigenvalue weighted by Gasteiger charge is -2.31. The molecule has 1 heterocycles. The van der Waals surface area contributed by atoms with Crippen LogP contribution in [-0.2, 0) is 4.74 Å². The Bertz CT molecular complexity index is 211. The molecular formula is C13H29N3O. The van der Waals surface area contributed by atoms with Crippen LogP contribution >= 0.6 is 0 Å². The first-order chi connectivity index (χ1) is 8.12. The third-order valence-electron chi connectivity index (χ3n) is 3.84. The fraction of sp³-hybridized carbons (Fsp3) is 1.00. The normalized spacial score (nSPS) is 28.6. The van der Waals surface area contributed by atoms with Crippen LogP contribution in [0.5, 0.6) is 0 Å². The summed E-state index contributed by atoms with van der Waals surface area (Å²) in [5.74, 6) is 0. The molecule has 2 atom stereocenters. The largest absolute Gasteiger partial charge is 0.383 e. The van der Waals surface area contributed by atoms with Gasteiger partial charge in [-0.05, 0) is 27.2 Å². The van der Waals surface area contributed by atoms with Gasteiger partial charge < -0.3 is 14.5 Å². The first kappa shape index (κ1) is 14.9. The Morgan fingerprint density at radius 3 is 2.29 bits per heavy atom. The quantitative estimate of drug-likeness (QED) is 0.703. The Balaban J connectivity index is 2.74. The summed E-state index contributed by atoms with van der Waals surface area (Å²) in [5.41, 5.74) is 0. The van der Waals surface area contributed by atoms with Gasteiger partial charge in [-0.3, -0.25) is 4.90 Å². The van der Waals surface area contributed by atoms with E-state index >= 15 is 0 Å². The van der Waals surface area contributed by atoms with Crippen LogP contribution in [0.25, 0.3) is 0 Å². The van der Waals surface area contributed by atoms with Crippen LogP contribution in [0, 0.1) is 0 Å². The molecule has 1 fully saturated rings. The summed E-state index contributed by atoms with van der Waals surface area (Å²) in [4.78, 5) is 7.45. The third kappa shape index (κ3) is 4.21. The number of methoxy groups -OCH3 is 1. The summed E-state index contributed by atoms with van der Waals surface area (Å²) >= 11 is 0. The van der Waals surface area contributed by atoms with E-state index in [0.29, 0.717) is 12.1 Å². The van der Waals surface area contributed by atoms with Crippen molar-refractivity contribution in [3.05, 3.63) is 0 Å². The van der Waals surface area contributed by atoms with Crippen molar-refractivity contribution in [1.29, 1.82) is 0 Å². The van der Waals surface area contributed by atoms with Crippen LogP contribution in [0.1, 0.15) is 13.8 Å². The average molecular weight is 243 g/mol. The maximum absolute atomic E-state index is 5.38. The molecule has 1 aliphatic heterocycles. The lowest BCUT2D eigenvalue weighted by Crippen LogP contribution is -2.46. The molecule has 102 valence electrons. The summed E-state index contributed by atoms with van der Waals surface area (Å²) in [6.45, 7) is 11.0. The summed E-state index contributed by atoms with van der Waals surface area (Å²) < 4.78 is 5.38. The predicted molar refractivity (Wildman–Crippen MR) is 72.5 cm³/mol. The van der Waals surface area contributed by atoms with Gasteiger partial charge in [-0.2, -0.15) is 0 Å². The summed E-state index contributed by atoms with van der Waals surface area (Å²) in [7, 11) is 6.17. The molecule has 0 aromatic rings. The lowest BCUT2D eigenvalue weighted by molar-refractivity contribution is 0.0819. The third-order valence-corrected chi connectivity index (χ3v) is 3.84. The molecule has 0 aromatic heterocycles. The zero-order chi connectivity index (χ0) is 12.8. The van der Waals surface area contributed by atoms with Crippen molar-refractivity contribution < 1.29 is 4.74 Å². The van der Waals surface area contributed by atoms with Gasteiger partial charge in [-0.15, -0.1) is 0 Å². The van der Waals surface area contributed by atoms with E-state index in [1.807, 2.05) is 0 Å². The van der Waals surface area contributed by atoms with Crippen molar-refractivity contribution in [2.75, 3.05) is 60.5 Å². The van der Waals surface area contributed by atoms with Crippen LogP contribution in [0.15, 0.2) is 0 Å². The predicted octanol–water partition coefficient (Wildman–Crippen LogP) is 0.589. The summed E-state index contributed by atoms with van der Waals surface area (Å²) in [6.07, 6.45) is 0. The molecule has 1 rings (SSSR count). The Morgan fingerprint density at radius 2 is 1.82 bits per heavy atom. The number of hydrogen-bond donors (Lipinski definition) is 0. The molecule has 0 amide bonds. The second-order valence-electron chi connectivity index (χ2n) is 5.17. The minimum absolute atomic E-state index is 0.537. The van der Waals surface area contributed by atoms with E-state index in [0.717, 1.165) is 32.8 Å². The Hall–Kier alpha value is -0.160. The van der Waals surface area contributed by atoms with Gasteiger partial charge in [0.25, 0.3) is 0 Å². The molecule has 4 heteroatoms. The molecule has 0 aliphatic carbocycles. The maximum atomic E-state index is 5.38. The fourth-order valence-corrected chi connectivity index (χ4v) is 2.59. The molecule has 1 saturated heterocycles. The molecule has 0 bridgehead atoms. The van der Waals surface area contributed by atoms with Crippen LogP contribution in [0.4, 0.5) is 0 Å². The van der Waals surface area contributed by atoms with E-state index in [1.165, 1.54) is 6.54 Å². The van der Waals surface area contributed by atoms with Gasteiger partial charge in [0.1, 0.15) is 0 Å². The van der Waals surface area contributed by atoms with Gasteiger partial charge >= 0.3 is 0 Å². The molecule has 4 nitrogen and oxygen atoms in total. The molecule has 2 unspecified atom stereocenters. The molecule has 0 aromatic carbocycles. The zero-order valence-corrected chi connectivity index (χ0v) is 12.1. The lowest BCUT2D eigenvalue weighted by atomic mass is 10.2. The van der Waals surface area contributed by atoms with Gasteiger partial charge in [0.05, 0.1) is 6.61 Å². The highest BCUT2D eigenvalue weighted by atomic mass is 16.5. The SMILES string of the molecule is CCN1CC(N(C)C)CN(CC)C(COC)C1. The van der Waals surface area contributed by atoms with Gasteiger partial charge in [0.2, 0.25) is 0 Å². The van der Waals surface area contributed by atoms with E-state index in [4.69, 9.17) is 4.74 Å². The number of hydrogen-bond acceptors (Lipinski definition) is 4. The maximum Gasteiger partial charge on any atom is 0.0630 e. The van der Waals surface area contributed by atoms with Crippen molar-refractivity contribution in [2.24, 2.45) is 0 Å². The Morgan fingerprint density at radius 1 is 1.12 bits per heavy atom. The Kier molecular flexibility index (Phi) is 6.41. The smallest absolute Gasteiger partial charge is 0.0630 e. The minimum Gasteiger partial charge on any atom is -0.383 e. The van der Waals surface area contributed by atoms with Gasteiger partial charge in [-0.25, -0.2) is 0 Å². The second kappa shape index (κ2) is 7.31. The van der Waals surface area contributed by atoms with Gasteiger partial charge in [0, 0.05) is 38.8 Å². The summed E-state index contributed by atoms with van der Waals surface area (Å²) in [6, 6.07) is 1.16. The number of likely N-dealkylation sites (N-methyl/N-ethyl adjacent to an activating group) is 3. The van der Waals surface area contributed by atoms with Crippen molar-refractivity contribution in [1.82, 2.24) is 14.7 Å². The number of ether oxygens (including phenoxy) is 1. The van der Waals surface area contributed by atoms with Crippen LogP contribution in [0.3, 0.4) is 0 Å². The number of nitrogens with zero attached hydrogens (tertiary/aromatic N) is 3. The molecule has 0 radical (unpaired) electrons. The van der Waals surface area contributed by atoms with Crippen molar-refractivity contribution >= 4 is 0 Å². The second-order valence-corrected chi connectivity index (χ2v) is 5.17. The summed E-state index contributed by atoms with van der Waals surface area (Å²) in [5, 5.41) is 0. The van der Waals surface area contributed by atoms with E-state index in [2.05, 4.69) is 42.6 Å². The number of rotatable bonds is 5. The Labute approximate surface area is 107 Å². The van der Waals surface area contributed by atoms with Crippen LogP contribution in [-0.4, -0.2) is 87.3 Å². The zero-order valence-electron chi connectivity index (χ0n) is 12.1. The van der Waals surface area contributed by atoms with Crippen molar-refractivity contribution in [3.8, 4) is 0 Å². The minimum atomic E-state index is 0.537. The van der Waals surface area contributed by atoms with Crippen molar-refractivity contribution in [3.63, 3.8) is 0 Å². The highest BCUT2D eigenvalue weighted by molar-refractivity contribution is 4.86. The van der Waals surface area contributed by atoms with E-state index in [9.17, 15) is 0 Å². The first-order valence-electron chi connectivity index (χ1n) is 6.74. The monoisotopic (exact) mass is 243 g/mol. The molecule has 0 saturated carbocycles. The van der Waals surface area contributed by atoms with E-state index in [1.54, 1.807) is 7.11 Å². The average Bonchev–Trinajstić information content (AvgIpc) is 2.49. The first-order valence-corrected chi connectivity index (χ1v) is 6.74. The van der Waals surface area contributed by atoms with Gasteiger partial charge in [0.15, 0.2) is 0 Å². The standard InChI is InChI=1S/C13H29N3O/c1-6-15-8-12(14(3)4)10-16(7-2)13(9-15)11-17-5/h12-13H,6-11H2,1-5H3. The molecule has 17 heavy (non-hydrogen) atoms. The van der Waals surface area contributed by atoms with Crippen LogP contribution < -0.4 is 0 Å². The molecule has 1 aliphatic rings.